The molecule has 22 heavy (non-hydrogen) atoms. The Morgan fingerprint density at radius 1 is 1.23 bits per heavy atom. The highest BCUT2D eigenvalue weighted by Crippen LogP contribution is 2.26. The quantitative estimate of drug-likeness (QED) is 0.820. The van der Waals surface area contributed by atoms with Gasteiger partial charge in [-0.3, -0.25) is 0 Å². The molecule has 4 nitrogen and oxygen atoms in total. The number of hydrogen-bond donors (Lipinski definition) is 0. The second-order valence-corrected chi connectivity index (χ2v) is 5.69. The summed E-state index contributed by atoms with van der Waals surface area (Å²) < 4.78 is 7.95. The molecule has 2 aromatic rings. The molecule has 1 aliphatic heterocycles. The predicted octanol–water partition coefficient (Wildman–Crippen LogP) is 2.02. The number of aromatic nitrogens is 1. The second-order valence-electron chi connectivity index (χ2n) is 5.69. The number of carboxylic acid groups (broad SMARTS) is 1. The summed E-state index contributed by atoms with van der Waals surface area (Å²) in [6.07, 6.45) is 2.91. The molecule has 0 bridgehead atoms. The van der Waals surface area contributed by atoms with E-state index in [1.54, 1.807) is 0 Å². The third-order valence-electron chi connectivity index (χ3n) is 4.14. The molecule has 4 heteroatoms. The van der Waals surface area contributed by atoms with E-state index in [0.29, 0.717) is 6.42 Å². The van der Waals surface area contributed by atoms with E-state index in [4.69, 9.17) is 4.74 Å². The van der Waals surface area contributed by atoms with Crippen molar-refractivity contribution in [2.45, 2.75) is 38.3 Å². The van der Waals surface area contributed by atoms with Gasteiger partial charge in [-0.1, -0.05) is 30.3 Å². The lowest BCUT2D eigenvalue weighted by Gasteiger charge is -2.18. The van der Waals surface area contributed by atoms with Crippen LogP contribution in [0.15, 0.2) is 42.5 Å². The van der Waals surface area contributed by atoms with E-state index in [1.807, 2.05) is 24.3 Å². The molecule has 0 N–H and O–H groups in total. The van der Waals surface area contributed by atoms with Crippen LogP contribution in [-0.2, 0) is 22.5 Å². The Morgan fingerprint density at radius 2 is 2.05 bits per heavy atom. The SMILES string of the molecule is O=C([O-])CCc1ccc(-c2ccccc2)n1C[C@H]1CCCO1. The van der Waals surface area contributed by atoms with Crippen molar-refractivity contribution in [2.75, 3.05) is 6.61 Å². The topological polar surface area (TPSA) is 54.3 Å². The fourth-order valence-electron chi connectivity index (χ4n) is 3.03. The normalized spacial score (nSPS) is 17.7. The Hall–Kier alpha value is -2.07. The van der Waals surface area contributed by atoms with Gasteiger partial charge in [0.25, 0.3) is 0 Å². The van der Waals surface area contributed by atoms with Crippen LogP contribution in [0.1, 0.15) is 25.0 Å². The van der Waals surface area contributed by atoms with Crippen LogP contribution in [-0.4, -0.2) is 23.2 Å². The minimum absolute atomic E-state index is 0.0454. The van der Waals surface area contributed by atoms with E-state index in [0.717, 1.165) is 42.9 Å². The summed E-state index contributed by atoms with van der Waals surface area (Å²) in [6.45, 7) is 1.60. The maximum atomic E-state index is 10.8. The number of carbonyl (C=O) groups excluding carboxylic acids is 1. The van der Waals surface area contributed by atoms with Gasteiger partial charge in [0, 0.05) is 30.5 Å². The highest BCUT2D eigenvalue weighted by Gasteiger charge is 2.19. The average molecular weight is 298 g/mol. The first-order chi connectivity index (χ1) is 10.7. The molecule has 1 fully saturated rings. The van der Waals surface area contributed by atoms with Gasteiger partial charge in [0.05, 0.1) is 6.10 Å². The molecule has 1 aliphatic rings. The molecule has 2 heterocycles. The Kier molecular flexibility index (Phi) is 4.59. The number of ether oxygens (including phenoxy) is 1. The number of carbonyl (C=O) groups is 1. The van der Waals surface area contributed by atoms with Gasteiger partial charge < -0.3 is 19.2 Å². The zero-order chi connectivity index (χ0) is 15.4. The van der Waals surface area contributed by atoms with Crippen molar-refractivity contribution in [2.24, 2.45) is 0 Å². The molecular formula is C18H20NO3-. The smallest absolute Gasteiger partial charge is 0.0754 e. The van der Waals surface area contributed by atoms with Gasteiger partial charge in [-0.05, 0) is 43.4 Å². The Bertz CT molecular complexity index is 627. The molecule has 1 aromatic heterocycles. The Labute approximate surface area is 130 Å². The molecule has 1 aromatic carbocycles. The van der Waals surface area contributed by atoms with Crippen LogP contribution in [0.2, 0.25) is 0 Å². The predicted molar refractivity (Wildman–Crippen MR) is 82.2 cm³/mol. The highest BCUT2D eigenvalue weighted by atomic mass is 16.5. The number of aryl methyl sites for hydroxylation is 1. The lowest BCUT2D eigenvalue weighted by atomic mass is 10.1. The van der Waals surface area contributed by atoms with E-state index >= 15 is 0 Å². The zero-order valence-electron chi connectivity index (χ0n) is 12.5. The fourth-order valence-corrected chi connectivity index (χ4v) is 3.03. The van der Waals surface area contributed by atoms with Crippen molar-refractivity contribution in [1.82, 2.24) is 4.57 Å². The number of nitrogens with zero attached hydrogens (tertiary/aromatic N) is 1. The van der Waals surface area contributed by atoms with Crippen molar-refractivity contribution in [1.29, 1.82) is 0 Å². The first-order valence-corrected chi connectivity index (χ1v) is 7.79. The van der Waals surface area contributed by atoms with E-state index in [1.165, 1.54) is 0 Å². The summed E-state index contributed by atoms with van der Waals surface area (Å²) in [5.74, 6) is -1.01. The van der Waals surface area contributed by atoms with Crippen molar-refractivity contribution >= 4 is 5.97 Å². The molecule has 0 radical (unpaired) electrons. The highest BCUT2D eigenvalue weighted by molar-refractivity contribution is 5.65. The van der Waals surface area contributed by atoms with E-state index in [-0.39, 0.29) is 12.5 Å². The molecule has 1 atom stereocenters. The number of aliphatic carboxylic acids is 1. The molecule has 0 aliphatic carbocycles. The maximum absolute atomic E-state index is 10.8. The number of carboxylic acids is 1. The molecule has 0 spiro atoms. The second kappa shape index (κ2) is 6.79. The van der Waals surface area contributed by atoms with Crippen LogP contribution in [0.5, 0.6) is 0 Å². The summed E-state index contributed by atoms with van der Waals surface area (Å²) in [5, 5.41) is 10.8. The monoisotopic (exact) mass is 298 g/mol. The summed E-state index contributed by atoms with van der Waals surface area (Å²) in [5.41, 5.74) is 3.28. The van der Waals surface area contributed by atoms with Gasteiger partial charge in [-0.25, -0.2) is 0 Å². The minimum Gasteiger partial charge on any atom is -0.550 e. The van der Waals surface area contributed by atoms with Gasteiger partial charge in [-0.15, -0.1) is 0 Å². The van der Waals surface area contributed by atoms with Gasteiger partial charge in [-0.2, -0.15) is 0 Å². The van der Waals surface area contributed by atoms with E-state index < -0.39 is 5.97 Å². The number of rotatable bonds is 6. The Balaban J connectivity index is 1.89. The molecule has 0 saturated carbocycles. The number of hydrogen-bond acceptors (Lipinski definition) is 3. The average Bonchev–Trinajstić information content (AvgIpc) is 3.16. The van der Waals surface area contributed by atoms with Gasteiger partial charge in [0.2, 0.25) is 0 Å². The van der Waals surface area contributed by atoms with Crippen molar-refractivity contribution in [3.05, 3.63) is 48.2 Å². The summed E-state index contributed by atoms with van der Waals surface area (Å²) in [6, 6.07) is 14.2. The van der Waals surface area contributed by atoms with Crippen LogP contribution in [0.25, 0.3) is 11.3 Å². The largest absolute Gasteiger partial charge is 0.550 e. The molecule has 1 saturated heterocycles. The molecule has 0 unspecified atom stereocenters. The molecule has 0 amide bonds. The Morgan fingerprint density at radius 3 is 2.73 bits per heavy atom. The fraction of sp³-hybridized carbons (Fsp3) is 0.389. The third kappa shape index (κ3) is 3.39. The first kappa shape index (κ1) is 14.9. The van der Waals surface area contributed by atoms with Crippen LogP contribution in [0.4, 0.5) is 0 Å². The lowest BCUT2D eigenvalue weighted by molar-refractivity contribution is -0.305. The first-order valence-electron chi connectivity index (χ1n) is 7.79. The third-order valence-corrected chi connectivity index (χ3v) is 4.14. The van der Waals surface area contributed by atoms with E-state index in [9.17, 15) is 9.90 Å². The van der Waals surface area contributed by atoms with Crippen LogP contribution < -0.4 is 5.11 Å². The summed E-state index contributed by atoms with van der Waals surface area (Å²) in [7, 11) is 0. The van der Waals surface area contributed by atoms with Gasteiger partial charge in [0.15, 0.2) is 0 Å². The standard InChI is InChI=1S/C18H21NO3/c20-18(21)11-9-15-8-10-17(14-5-2-1-3-6-14)19(15)13-16-7-4-12-22-16/h1-3,5-6,8,10,16H,4,7,9,11-13H2,(H,20,21)/p-1/t16-/m1/s1. The molecule has 3 rings (SSSR count). The lowest BCUT2D eigenvalue weighted by Crippen LogP contribution is -2.23. The van der Waals surface area contributed by atoms with Crippen LogP contribution in [0, 0.1) is 0 Å². The zero-order valence-corrected chi connectivity index (χ0v) is 12.5. The summed E-state index contributed by atoms with van der Waals surface area (Å²) >= 11 is 0. The van der Waals surface area contributed by atoms with Crippen molar-refractivity contribution in [3.8, 4) is 11.3 Å². The molecular weight excluding hydrogens is 278 g/mol. The number of benzene rings is 1. The minimum atomic E-state index is -1.01. The van der Waals surface area contributed by atoms with Gasteiger partial charge >= 0.3 is 0 Å². The summed E-state index contributed by atoms with van der Waals surface area (Å²) in [4.78, 5) is 10.8. The maximum Gasteiger partial charge on any atom is 0.0754 e. The van der Waals surface area contributed by atoms with Gasteiger partial charge in [0.1, 0.15) is 0 Å². The van der Waals surface area contributed by atoms with E-state index in [2.05, 4.69) is 22.8 Å². The van der Waals surface area contributed by atoms with Crippen molar-refractivity contribution in [3.63, 3.8) is 0 Å². The molecule has 116 valence electrons. The van der Waals surface area contributed by atoms with Crippen molar-refractivity contribution < 1.29 is 14.6 Å². The van der Waals surface area contributed by atoms with Crippen LogP contribution in [0.3, 0.4) is 0 Å². The van der Waals surface area contributed by atoms with Crippen LogP contribution >= 0.6 is 0 Å².